The number of nitrogens with zero attached hydrogens (tertiary/aromatic N) is 3. The molecule has 0 heterocycles. The molecule has 10 heteroatoms. The molecule has 0 unspecified atom stereocenters. The quantitative estimate of drug-likeness (QED) is 0.469. The predicted octanol–water partition coefficient (Wildman–Crippen LogP) is 4.65. The summed E-state index contributed by atoms with van der Waals surface area (Å²) in [6, 6.07) is 8.08. The Labute approximate surface area is 146 Å². The summed E-state index contributed by atoms with van der Waals surface area (Å²) >= 11 is 11.9. The number of non-ortho nitro benzene ring substituents is 1. The molecule has 0 aromatic heterocycles. The van der Waals surface area contributed by atoms with E-state index in [0.717, 1.165) is 12.1 Å². The summed E-state index contributed by atoms with van der Waals surface area (Å²) < 4.78 is 0. The summed E-state index contributed by atoms with van der Waals surface area (Å²) in [6.07, 6.45) is 0. The normalized spacial score (nSPS) is 11.2. The fourth-order valence-electron chi connectivity index (χ4n) is 1.87. The van der Waals surface area contributed by atoms with Gasteiger partial charge >= 0.3 is 5.69 Å². The van der Waals surface area contributed by atoms with E-state index in [1.807, 2.05) is 0 Å². The molecule has 0 saturated carbocycles. The molecule has 0 aliphatic rings. The van der Waals surface area contributed by atoms with Gasteiger partial charge in [0.05, 0.1) is 26.6 Å². The van der Waals surface area contributed by atoms with Crippen LogP contribution in [0.1, 0.15) is 12.5 Å². The number of nitro benzene ring substituents is 2. The van der Waals surface area contributed by atoms with Gasteiger partial charge in [0.1, 0.15) is 5.69 Å². The molecule has 2 aromatic rings. The molecule has 24 heavy (non-hydrogen) atoms. The number of nitro groups is 2. The number of rotatable bonds is 5. The summed E-state index contributed by atoms with van der Waals surface area (Å²) in [7, 11) is 0. The maximum atomic E-state index is 11.1. The lowest BCUT2D eigenvalue weighted by Crippen LogP contribution is -2.03. The number of benzene rings is 2. The number of anilines is 1. The van der Waals surface area contributed by atoms with Crippen LogP contribution in [0.25, 0.3) is 0 Å². The molecule has 0 atom stereocenters. The second-order valence-corrected chi connectivity index (χ2v) is 5.49. The minimum atomic E-state index is -0.727. The Hall–Kier alpha value is -2.71. The van der Waals surface area contributed by atoms with Gasteiger partial charge in [0.15, 0.2) is 0 Å². The minimum Gasteiger partial charge on any atom is -0.271 e. The van der Waals surface area contributed by atoms with E-state index in [9.17, 15) is 20.2 Å². The van der Waals surface area contributed by atoms with Crippen LogP contribution in [0.15, 0.2) is 41.5 Å². The third-order valence-electron chi connectivity index (χ3n) is 3.05. The van der Waals surface area contributed by atoms with E-state index >= 15 is 0 Å². The lowest BCUT2D eigenvalue weighted by molar-refractivity contribution is -0.393. The lowest BCUT2D eigenvalue weighted by atomic mass is 10.1. The Morgan fingerprint density at radius 2 is 1.79 bits per heavy atom. The van der Waals surface area contributed by atoms with Gasteiger partial charge in [-0.25, -0.2) is 0 Å². The molecule has 8 nitrogen and oxygen atoms in total. The monoisotopic (exact) mass is 368 g/mol. The van der Waals surface area contributed by atoms with Crippen molar-refractivity contribution in [2.45, 2.75) is 6.92 Å². The topological polar surface area (TPSA) is 111 Å². The van der Waals surface area contributed by atoms with Gasteiger partial charge in [0, 0.05) is 16.7 Å². The number of hydrazone groups is 1. The van der Waals surface area contributed by atoms with Crippen LogP contribution in [-0.2, 0) is 0 Å². The van der Waals surface area contributed by atoms with Crippen molar-refractivity contribution in [1.82, 2.24) is 0 Å². The largest absolute Gasteiger partial charge is 0.301 e. The first kappa shape index (κ1) is 17.6. The van der Waals surface area contributed by atoms with Crippen molar-refractivity contribution in [1.29, 1.82) is 0 Å². The number of hydrogen-bond acceptors (Lipinski definition) is 6. The summed E-state index contributed by atoms with van der Waals surface area (Å²) in [6.45, 7) is 1.65. The molecule has 2 rings (SSSR count). The van der Waals surface area contributed by atoms with Gasteiger partial charge in [-0.3, -0.25) is 25.7 Å². The maximum absolute atomic E-state index is 11.1. The van der Waals surface area contributed by atoms with Crippen LogP contribution < -0.4 is 5.43 Å². The molecule has 0 radical (unpaired) electrons. The van der Waals surface area contributed by atoms with E-state index in [2.05, 4.69) is 10.5 Å². The van der Waals surface area contributed by atoms with Crippen LogP contribution in [0.3, 0.4) is 0 Å². The number of halogens is 2. The fraction of sp³-hybridized carbons (Fsp3) is 0.0714. The maximum Gasteiger partial charge on any atom is 0.301 e. The number of nitrogens with one attached hydrogen (secondary N) is 1. The highest BCUT2D eigenvalue weighted by atomic mass is 35.5. The smallest absolute Gasteiger partial charge is 0.271 e. The predicted molar refractivity (Wildman–Crippen MR) is 92.0 cm³/mol. The first-order valence-corrected chi connectivity index (χ1v) is 7.23. The highest BCUT2D eigenvalue weighted by Crippen LogP contribution is 2.29. The van der Waals surface area contributed by atoms with Gasteiger partial charge in [-0.2, -0.15) is 5.10 Å². The first-order valence-electron chi connectivity index (χ1n) is 6.48. The molecule has 0 fully saturated rings. The molecule has 0 aliphatic carbocycles. The molecular formula is C14H10Cl2N4O4. The van der Waals surface area contributed by atoms with Crippen molar-refractivity contribution in [2.24, 2.45) is 5.10 Å². The van der Waals surface area contributed by atoms with Gasteiger partial charge in [-0.05, 0) is 25.1 Å². The van der Waals surface area contributed by atoms with E-state index in [0.29, 0.717) is 21.3 Å². The molecule has 0 spiro atoms. The van der Waals surface area contributed by atoms with Crippen molar-refractivity contribution in [3.8, 4) is 0 Å². The second kappa shape index (κ2) is 7.24. The van der Waals surface area contributed by atoms with Gasteiger partial charge in [-0.1, -0.05) is 29.3 Å². The van der Waals surface area contributed by atoms with E-state index in [1.165, 1.54) is 6.07 Å². The van der Waals surface area contributed by atoms with E-state index in [4.69, 9.17) is 23.2 Å². The third-order valence-corrected chi connectivity index (χ3v) is 3.60. The van der Waals surface area contributed by atoms with Crippen LogP contribution in [0, 0.1) is 20.2 Å². The molecule has 0 aliphatic heterocycles. The van der Waals surface area contributed by atoms with E-state index in [-0.39, 0.29) is 11.4 Å². The van der Waals surface area contributed by atoms with E-state index < -0.39 is 15.5 Å². The summed E-state index contributed by atoms with van der Waals surface area (Å²) in [5.41, 5.74) is 2.78. The van der Waals surface area contributed by atoms with Crippen LogP contribution in [-0.4, -0.2) is 15.6 Å². The average molecular weight is 369 g/mol. The molecule has 2 aromatic carbocycles. The average Bonchev–Trinajstić information content (AvgIpc) is 2.52. The van der Waals surface area contributed by atoms with Crippen molar-refractivity contribution in [2.75, 3.05) is 5.43 Å². The van der Waals surface area contributed by atoms with E-state index in [1.54, 1.807) is 25.1 Å². The molecule has 1 N–H and O–H groups in total. The molecule has 0 bridgehead atoms. The highest BCUT2D eigenvalue weighted by Gasteiger charge is 2.19. The van der Waals surface area contributed by atoms with Crippen molar-refractivity contribution >= 4 is 46.0 Å². The van der Waals surface area contributed by atoms with Crippen molar-refractivity contribution in [3.63, 3.8) is 0 Å². The number of hydrogen-bond donors (Lipinski definition) is 1. The molecule has 124 valence electrons. The zero-order valence-electron chi connectivity index (χ0n) is 12.2. The zero-order chi connectivity index (χ0) is 17.9. The highest BCUT2D eigenvalue weighted by molar-refractivity contribution is 6.37. The lowest BCUT2D eigenvalue weighted by Gasteiger charge is -2.06. The first-order chi connectivity index (χ1) is 11.3. The minimum absolute atomic E-state index is 0.0232. The third kappa shape index (κ3) is 3.98. The van der Waals surface area contributed by atoms with Crippen molar-refractivity contribution in [3.05, 3.63) is 72.2 Å². The van der Waals surface area contributed by atoms with Crippen LogP contribution in [0.5, 0.6) is 0 Å². The summed E-state index contributed by atoms with van der Waals surface area (Å²) in [5, 5.41) is 26.7. The Balaban J connectivity index is 2.33. The van der Waals surface area contributed by atoms with Crippen molar-refractivity contribution < 1.29 is 9.85 Å². The fourth-order valence-corrected chi connectivity index (χ4v) is 2.41. The SMILES string of the molecule is C/C(=N/Nc1ccc([N+](=O)[O-])cc1[N+](=O)[O-])c1ccc(Cl)cc1Cl. The van der Waals surface area contributed by atoms with Crippen LogP contribution in [0.2, 0.25) is 10.0 Å². The summed E-state index contributed by atoms with van der Waals surface area (Å²) in [4.78, 5) is 20.3. The van der Waals surface area contributed by atoms with Gasteiger partial charge < -0.3 is 0 Å². The van der Waals surface area contributed by atoms with Gasteiger partial charge in [0.2, 0.25) is 0 Å². The zero-order valence-corrected chi connectivity index (χ0v) is 13.7. The Kier molecular flexibility index (Phi) is 5.32. The Morgan fingerprint density at radius 3 is 2.38 bits per heavy atom. The van der Waals surface area contributed by atoms with Crippen LogP contribution >= 0.6 is 23.2 Å². The van der Waals surface area contributed by atoms with Gasteiger partial charge in [0.25, 0.3) is 5.69 Å². The molecule has 0 saturated heterocycles. The molecular weight excluding hydrogens is 359 g/mol. The van der Waals surface area contributed by atoms with Crippen LogP contribution in [0.4, 0.5) is 17.1 Å². The Morgan fingerprint density at radius 1 is 1.08 bits per heavy atom. The summed E-state index contributed by atoms with van der Waals surface area (Å²) in [5.74, 6) is 0. The standard InChI is InChI=1S/C14H10Cl2N4O4/c1-8(11-4-2-9(15)6-12(11)16)17-18-13-5-3-10(19(21)22)7-14(13)20(23)24/h2-7,18H,1H3/b17-8-. The molecule has 0 amide bonds. The second-order valence-electron chi connectivity index (χ2n) is 4.65. The van der Waals surface area contributed by atoms with Gasteiger partial charge in [-0.15, -0.1) is 0 Å². The Bertz CT molecular complexity index is 855.